The van der Waals surface area contributed by atoms with Gasteiger partial charge in [0.05, 0.1) is 18.5 Å². The molecule has 2 aromatic carbocycles. The average Bonchev–Trinajstić information content (AvgIpc) is 2.81. The Morgan fingerprint density at radius 3 is 2.50 bits per heavy atom. The van der Waals surface area contributed by atoms with Gasteiger partial charge in [-0.05, 0) is 30.7 Å². The van der Waals surface area contributed by atoms with Crippen molar-refractivity contribution in [2.75, 3.05) is 7.11 Å². The van der Waals surface area contributed by atoms with Crippen molar-refractivity contribution in [3.63, 3.8) is 0 Å². The van der Waals surface area contributed by atoms with E-state index in [-0.39, 0.29) is 0 Å². The number of benzene rings is 2. The molecule has 0 fully saturated rings. The minimum atomic E-state index is -0.995. The van der Waals surface area contributed by atoms with Crippen LogP contribution in [-0.2, 0) is 10.5 Å². The maximum Gasteiger partial charge on any atom is 0.170 e. The number of methoxy groups -OCH3 is 1. The van der Waals surface area contributed by atoms with Gasteiger partial charge >= 0.3 is 0 Å². The van der Waals surface area contributed by atoms with E-state index in [1.807, 2.05) is 48.5 Å². The minimum Gasteiger partial charge on any atom is -0.497 e. The molecule has 1 atom stereocenters. The van der Waals surface area contributed by atoms with E-state index in [9.17, 15) is 5.26 Å². The van der Waals surface area contributed by atoms with Crippen LogP contribution < -0.4 is 4.74 Å². The molecule has 20 heavy (non-hydrogen) atoms. The predicted octanol–water partition coefficient (Wildman–Crippen LogP) is 3.53. The third-order valence-corrected chi connectivity index (χ3v) is 3.63. The first kappa shape index (κ1) is 12.8. The van der Waals surface area contributed by atoms with E-state index in [0.29, 0.717) is 11.5 Å². The van der Waals surface area contributed by atoms with E-state index in [2.05, 4.69) is 4.99 Å². The van der Waals surface area contributed by atoms with Crippen molar-refractivity contribution in [1.29, 1.82) is 0 Å². The molecule has 0 aromatic heterocycles. The lowest BCUT2D eigenvalue weighted by molar-refractivity contribution is -0.299. The zero-order chi connectivity index (χ0) is 14.2. The first-order chi connectivity index (χ1) is 9.69. The highest BCUT2D eigenvalue weighted by Crippen LogP contribution is 2.44. The van der Waals surface area contributed by atoms with Crippen LogP contribution in [0.5, 0.6) is 5.75 Å². The summed E-state index contributed by atoms with van der Waals surface area (Å²) in [5.41, 5.74) is 2.17. The van der Waals surface area contributed by atoms with Crippen LogP contribution in [0.1, 0.15) is 18.1 Å². The molecule has 1 N–H and O–H groups in total. The average molecular weight is 269 g/mol. The third kappa shape index (κ3) is 1.81. The summed E-state index contributed by atoms with van der Waals surface area (Å²) in [6.45, 7) is 1.80. The summed E-state index contributed by atoms with van der Waals surface area (Å²) in [6.07, 6.45) is 0. The quantitative estimate of drug-likeness (QED) is 0.685. The van der Waals surface area contributed by atoms with Crippen LogP contribution in [0.15, 0.2) is 53.5 Å². The molecule has 1 aliphatic rings. The summed E-state index contributed by atoms with van der Waals surface area (Å²) in [4.78, 5) is 9.40. The van der Waals surface area contributed by atoms with Crippen molar-refractivity contribution >= 4 is 11.4 Å². The Hall–Kier alpha value is -2.17. The van der Waals surface area contributed by atoms with Crippen LogP contribution in [0, 0.1) is 0 Å². The zero-order valence-electron chi connectivity index (χ0n) is 11.3. The summed E-state index contributed by atoms with van der Waals surface area (Å²) in [5.74, 6) is 0.705. The Labute approximate surface area is 117 Å². The van der Waals surface area contributed by atoms with Gasteiger partial charge < -0.3 is 4.74 Å². The van der Waals surface area contributed by atoms with Gasteiger partial charge in [-0.15, -0.1) is 0 Å². The Balaban J connectivity index is 2.15. The van der Waals surface area contributed by atoms with Crippen molar-refractivity contribution in [1.82, 2.24) is 0 Å². The Kier molecular flexibility index (Phi) is 3.04. The number of hydrogen-bond donors (Lipinski definition) is 1. The first-order valence-electron chi connectivity index (χ1n) is 6.35. The van der Waals surface area contributed by atoms with Crippen LogP contribution in [0.3, 0.4) is 0 Å². The largest absolute Gasteiger partial charge is 0.497 e. The van der Waals surface area contributed by atoms with E-state index < -0.39 is 5.60 Å². The zero-order valence-corrected chi connectivity index (χ0v) is 11.3. The van der Waals surface area contributed by atoms with Crippen molar-refractivity contribution < 1.29 is 14.9 Å². The summed E-state index contributed by atoms with van der Waals surface area (Å²) in [5, 5.41) is 9.45. The maximum absolute atomic E-state index is 9.45. The summed E-state index contributed by atoms with van der Waals surface area (Å²) in [7, 11) is 1.60. The highest BCUT2D eigenvalue weighted by molar-refractivity contribution is 6.11. The second kappa shape index (κ2) is 4.74. The van der Waals surface area contributed by atoms with Crippen molar-refractivity contribution in [3.8, 4) is 5.75 Å². The fourth-order valence-electron chi connectivity index (χ4n) is 2.50. The number of rotatable bonds is 3. The monoisotopic (exact) mass is 269 g/mol. The van der Waals surface area contributed by atoms with Gasteiger partial charge in [0.1, 0.15) is 5.75 Å². The fourth-order valence-corrected chi connectivity index (χ4v) is 2.50. The van der Waals surface area contributed by atoms with E-state index in [1.165, 1.54) is 0 Å². The fraction of sp³-hybridized carbons (Fsp3) is 0.188. The van der Waals surface area contributed by atoms with Gasteiger partial charge in [0.15, 0.2) is 5.60 Å². The predicted molar refractivity (Wildman–Crippen MR) is 76.7 cm³/mol. The van der Waals surface area contributed by atoms with Gasteiger partial charge in [-0.25, -0.2) is 9.88 Å². The maximum atomic E-state index is 9.45. The minimum absolute atomic E-state index is 0.684. The molecule has 0 aliphatic carbocycles. The molecule has 2 aromatic rings. The third-order valence-electron chi connectivity index (χ3n) is 3.63. The van der Waals surface area contributed by atoms with Crippen molar-refractivity contribution in [2.45, 2.75) is 12.5 Å². The molecule has 1 heterocycles. The van der Waals surface area contributed by atoms with Gasteiger partial charge in [0.25, 0.3) is 0 Å². The van der Waals surface area contributed by atoms with E-state index in [0.717, 1.165) is 16.8 Å². The molecule has 4 nitrogen and oxygen atoms in total. The van der Waals surface area contributed by atoms with Gasteiger partial charge in [0.2, 0.25) is 0 Å². The van der Waals surface area contributed by atoms with Gasteiger partial charge in [-0.3, -0.25) is 5.26 Å². The van der Waals surface area contributed by atoms with Gasteiger partial charge in [-0.1, -0.05) is 30.3 Å². The van der Waals surface area contributed by atoms with E-state index >= 15 is 0 Å². The molecule has 4 heteroatoms. The van der Waals surface area contributed by atoms with E-state index in [1.54, 1.807) is 14.0 Å². The molecule has 0 bridgehead atoms. The molecule has 1 unspecified atom stereocenters. The molecule has 0 amide bonds. The summed E-state index contributed by atoms with van der Waals surface area (Å²) < 4.78 is 5.23. The van der Waals surface area contributed by atoms with E-state index in [4.69, 9.17) is 9.62 Å². The topological polar surface area (TPSA) is 51.0 Å². The smallest absolute Gasteiger partial charge is 0.170 e. The Morgan fingerprint density at radius 1 is 1.10 bits per heavy atom. The Bertz CT molecular complexity index is 667. The van der Waals surface area contributed by atoms with Crippen LogP contribution >= 0.6 is 0 Å². The number of nitrogens with zero attached hydrogens (tertiary/aromatic N) is 1. The van der Waals surface area contributed by atoms with Gasteiger partial charge in [0, 0.05) is 5.56 Å². The molecule has 3 rings (SSSR count). The normalized spacial score (nSPS) is 20.4. The van der Waals surface area contributed by atoms with Crippen molar-refractivity contribution in [2.24, 2.45) is 4.99 Å². The number of ether oxygens (including phenoxy) is 1. The molecular formula is C16H15NO3. The molecule has 0 saturated carbocycles. The Morgan fingerprint density at radius 2 is 1.85 bits per heavy atom. The van der Waals surface area contributed by atoms with Gasteiger partial charge in [-0.2, -0.15) is 0 Å². The molecule has 102 valence electrons. The summed E-state index contributed by atoms with van der Waals surface area (Å²) in [6, 6.07) is 15.2. The van der Waals surface area contributed by atoms with Crippen molar-refractivity contribution in [3.05, 3.63) is 59.7 Å². The lowest BCUT2D eigenvalue weighted by Crippen LogP contribution is -2.32. The van der Waals surface area contributed by atoms with Crippen LogP contribution in [0.4, 0.5) is 5.69 Å². The molecule has 0 radical (unpaired) electrons. The highest BCUT2D eigenvalue weighted by atomic mass is 17.1. The molecular weight excluding hydrogens is 254 g/mol. The second-order valence-electron chi connectivity index (χ2n) is 4.83. The standard InChI is InChI=1S/C16H15NO3/c1-16(20-18)13-10-12(19-2)8-9-14(13)17-15(16)11-6-4-3-5-7-11/h3-10,18H,1-2H3. The molecule has 1 aliphatic heterocycles. The lowest BCUT2D eigenvalue weighted by Gasteiger charge is -2.24. The first-order valence-corrected chi connectivity index (χ1v) is 6.35. The van der Waals surface area contributed by atoms with Crippen LogP contribution in [0.2, 0.25) is 0 Å². The van der Waals surface area contributed by atoms with Crippen LogP contribution in [0.25, 0.3) is 0 Å². The molecule has 0 spiro atoms. The lowest BCUT2D eigenvalue weighted by atomic mass is 9.88. The number of hydrogen-bond acceptors (Lipinski definition) is 4. The molecule has 0 saturated heterocycles. The highest BCUT2D eigenvalue weighted by Gasteiger charge is 2.42. The SMILES string of the molecule is COc1ccc2c(c1)C(C)(OO)C(c1ccccc1)=N2. The number of fused-ring (bicyclic) bond motifs is 1. The second-order valence-corrected chi connectivity index (χ2v) is 4.83. The van der Waals surface area contributed by atoms with Crippen LogP contribution in [-0.4, -0.2) is 18.1 Å². The number of aliphatic imine (C=N–C) groups is 1. The summed E-state index contributed by atoms with van der Waals surface area (Å²) >= 11 is 0.